The number of anilines is 1. The van der Waals surface area contributed by atoms with Crippen molar-refractivity contribution in [2.24, 2.45) is 11.8 Å². The van der Waals surface area contributed by atoms with Crippen LogP contribution in [0.25, 0.3) is 11.3 Å². The van der Waals surface area contributed by atoms with Gasteiger partial charge >= 0.3 is 6.01 Å². The maximum atomic E-state index is 6.37. The topological polar surface area (TPSA) is 69.2 Å². The first kappa shape index (κ1) is 17.8. The van der Waals surface area contributed by atoms with E-state index in [4.69, 9.17) is 9.47 Å². The summed E-state index contributed by atoms with van der Waals surface area (Å²) in [5, 5.41) is 12.1. The highest BCUT2D eigenvalue weighted by Crippen LogP contribution is 2.40. The molecule has 6 nitrogen and oxygen atoms in total. The Labute approximate surface area is 160 Å². The molecule has 0 fully saturated rings. The molecule has 3 atom stereocenters. The van der Waals surface area contributed by atoms with E-state index in [1.54, 1.807) is 0 Å². The summed E-state index contributed by atoms with van der Waals surface area (Å²) in [6.45, 7) is 7.09. The van der Waals surface area contributed by atoms with Gasteiger partial charge in [-0.25, -0.2) is 0 Å². The van der Waals surface area contributed by atoms with Gasteiger partial charge in [-0.1, -0.05) is 48.8 Å². The molecule has 0 saturated carbocycles. The Morgan fingerprint density at radius 3 is 2.93 bits per heavy atom. The van der Waals surface area contributed by atoms with Crippen molar-refractivity contribution in [3.8, 4) is 23.1 Å². The Morgan fingerprint density at radius 1 is 1.26 bits per heavy atom. The summed E-state index contributed by atoms with van der Waals surface area (Å²) in [5.41, 5.74) is 4.05. The van der Waals surface area contributed by atoms with Gasteiger partial charge in [0.1, 0.15) is 0 Å². The van der Waals surface area contributed by atoms with Crippen LogP contribution in [0.2, 0.25) is 0 Å². The zero-order valence-corrected chi connectivity index (χ0v) is 16.1. The van der Waals surface area contributed by atoms with Crippen molar-refractivity contribution >= 4 is 5.69 Å². The molecule has 1 aromatic carbocycles. The van der Waals surface area contributed by atoms with E-state index in [1.807, 2.05) is 25.1 Å². The molecule has 27 heavy (non-hydrogen) atoms. The lowest BCUT2D eigenvalue weighted by Crippen LogP contribution is -2.39. The van der Waals surface area contributed by atoms with E-state index in [-0.39, 0.29) is 12.2 Å². The SMILES string of the molecule is CCCOc1nnc2c(n1)OC(C1CC=C(C)CC1C)Nc1ccccc1-2. The lowest BCUT2D eigenvalue weighted by atomic mass is 9.80. The van der Waals surface area contributed by atoms with Crippen LogP contribution in [0, 0.1) is 11.8 Å². The first-order chi connectivity index (χ1) is 13.2. The number of aromatic nitrogens is 3. The molecule has 1 N–H and O–H groups in total. The summed E-state index contributed by atoms with van der Waals surface area (Å²) in [7, 11) is 0. The number of benzene rings is 1. The maximum absolute atomic E-state index is 6.37. The molecule has 2 aliphatic rings. The predicted molar refractivity (Wildman–Crippen MR) is 105 cm³/mol. The van der Waals surface area contributed by atoms with Crippen LogP contribution in [0.4, 0.5) is 5.69 Å². The standard InChI is InChI=1S/C21H26N4O2/c1-4-11-26-21-23-20-18(24-25-21)16-7-5-6-8-17(16)22-19(27-20)15-10-9-13(2)12-14(15)3/h5-9,14-15,19,22H,4,10-12H2,1-3H3. The maximum Gasteiger partial charge on any atom is 0.339 e. The van der Waals surface area contributed by atoms with Crippen molar-refractivity contribution in [2.45, 2.75) is 46.3 Å². The molecule has 0 spiro atoms. The smallest absolute Gasteiger partial charge is 0.339 e. The third-order valence-corrected chi connectivity index (χ3v) is 5.29. The van der Waals surface area contributed by atoms with Crippen molar-refractivity contribution in [2.75, 3.05) is 11.9 Å². The second kappa shape index (κ2) is 7.55. The lowest BCUT2D eigenvalue weighted by molar-refractivity contribution is 0.114. The number of hydrogen-bond donors (Lipinski definition) is 1. The molecular weight excluding hydrogens is 340 g/mol. The van der Waals surface area contributed by atoms with Gasteiger partial charge in [0.05, 0.1) is 6.61 Å². The van der Waals surface area contributed by atoms with Crippen LogP contribution < -0.4 is 14.8 Å². The van der Waals surface area contributed by atoms with Gasteiger partial charge in [0.15, 0.2) is 11.9 Å². The van der Waals surface area contributed by atoms with Crippen molar-refractivity contribution in [3.63, 3.8) is 0 Å². The summed E-state index contributed by atoms with van der Waals surface area (Å²) in [6.07, 6.45) is 5.11. The average Bonchev–Trinajstić information content (AvgIpc) is 2.82. The van der Waals surface area contributed by atoms with Gasteiger partial charge < -0.3 is 14.8 Å². The molecule has 2 aromatic rings. The number of allylic oxidation sites excluding steroid dienone is 2. The Balaban J connectivity index is 1.72. The Bertz CT molecular complexity index is 852. The van der Waals surface area contributed by atoms with E-state index in [2.05, 4.69) is 46.5 Å². The van der Waals surface area contributed by atoms with Crippen LogP contribution in [0.3, 0.4) is 0 Å². The third kappa shape index (κ3) is 3.61. The highest BCUT2D eigenvalue weighted by Gasteiger charge is 2.34. The van der Waals surface area contributed by atoms with Gasteiger partial charge in [-0.05, 0) is 38.2 Å². The molecule has 142 valence electrons. The van der Waals surface area contributed by atoms with Crippen LogP contribution in [0.15, 0.2) is 35.9 Å². The second-order valence-electron chi connectivity index (χ2n) is 7.46. The van der Waals surface area contributed by atoms with Gasteiger partial charge in [0, 0.05) is 17.2 Å². The quantitative estimate of drug-likeness (QED) is 0.806. The van der Waals surface area contributed by atoms with Crippen LogP contribution in [0.1, 0.15) is 40.0 Å². The Hall–Kier alpha value is -2.63. The monoisotopic (exact) mass is 366 g/mol. The predicted octanol–water partition coefficient (Wildman–Crippen LogP) is 4.45. The number of nitrogens with zero attached hydrogens (tertiary/aromatic N) is 3. The largest absolute Gasteiger partial charge is 0.462 e. The minimum atomic E-state index is -0.178. The van der Waals surface area contributed by atoms with Crippen molar-refractivity contribution in [3.05, 3.63) is 35.9 Å². The molecule has 0 bridgehead atoms. The molecule has 2 heterocycles. The molecule has 0 amide bonds. The molecule has 1 aliphatic carbocycles. The number of rotatable bonds is 4. The molecule has 1 aliphatic heterocycles. The average molecular weight is 366 g/mol. The van der Waals surface area contributed by atoms with E-state index in [0.717, 1.165) is 30.5 Å². The van der Waals surface area contributed by atoms with Crippen LogP contribution in [0.5, 0.6) is 11.9 Å². The van der Waals surface area contributed by atoms with Gasteiger partial charge in [0.2, 0.25) is 5.88 Å². The lowest BCUT2D eigenvalue weighted by Gasteiger charge is -2.34. The normalized spacial score (nSPS) is 23.8. The highest BCUT2D eigenvalue weighted by atomic mass is 16.5. The summed E-state index contributed by atoms with van der Waals surface area (Å²) >= 11 is 0. The number of fused-ring (bicyclic) bond motifs is 3. The van der Waals surface area contributed by atoms with Gasteiger partial charge in [0.25, 0.3) is 0 Å². The molecule has 0 saturated heterocycles. The fourth-order valence-corrected chi connectivity index (χ4v) is 3.85. The van der Waals surface area contributed by atoms with Crippen LogP contribution in [-0.2, 0) is 0 Å². The zero-order chi connectivity index (χ0) is 18.8. The minimum absolute atomic E-state index is 0.178. The van der Waals surface area contributed by atoms with E-state index in [1.165, 1.54) is 5.57 Å². The van der Waals surface area contributed by atoms with E-state index < -0.39 is 0 Å². The molecule has 6 heteroatoms. The summed E-state index contributed by atoms with van der Waals surface area (Å²) in [4.78, 5) is 4.52. The van der Waals surface area contributed by atoms with E-state index in [0.29, 0.717) is 30.0 Å². The number of hydrogen-bond acceptors (Lipinski definition) is 6. The van der Waals surface area contributed by atoms with Crippen LogP contribution >= 0.6 is 0 Å². The number of nitrogens with one attached hydrogen (secondary N) is 1. The molecule has 0 radical (unpaired) electrons. The van der Waals surface area contributed by atoms with Crippen molar-refractivity contribution < 1.29 is 9.47 Å². The van der Waals surface area contributed by atoms with Crippen molar-refractivity contribution in [1.29, 1.82) is 0 Å². The van der Waals surface area contributed by atoms with Crippen molar-refractivity contribution in [1.82, 2.24) is 15.2 Å². The first-order valence-corrected chi connectivity index (χ1v) is 9.71. The van der Waals surface area contributed by atoms with E-state index in [9.17, 15) is 0 Å². The Morgan fingerprint density at radius 2 is 2.11 bits per heavy atom. The van der Waals surface area contributed by atoms with Gasteiger partial charge in [-0.2, -0.15) is 4.98 Å². The molecular formula is C21H26N4O2. The zero-order valence-electron chi connectivity index (χ0n) is 16.1. The minimum Gasteiger partial charge on any atom is -0.462 e. The summed E-state index contributed by atoms with van der Waals surface area (Å²) < 4.78 is 11.9. The summed E-state index contributed by atoms with van der Waals surface area (Å²) in [6, 6.07) is 8.34. The van der Waals surface area contributed by atoms with Crippen LogP contribution in [-0.4, -0.2) is 28.0 Å². The van der Waals surface area contributed by atoms with Gasteiger partial charge in [-0.15, -0.1) is 5.10 Å². The molecule has 4 rings (SSSR count). The van der Waals surface area contributed by atoms with E-state index >= 15 is 0 Å². The third-order valence-electron chi connectivity index (χ3n) is 5.29. The highest BCUT2D eigenvalue weighted by molar-refractivity contribution is 5.79. The molecule has 3 unspecified atom stereocenters. The fraction of sp³-hybridized carbons (Fsp3) is 0.476. The number of para-hydroxylation sites is 1. The fourth-order valence-electron chi connectivity index (χ4n) is 3.85. The number of ether oxygens (including phenoxy) is 2. The second-order valence-corrected chi connectivity index (χ2v) is 7.46. The Kier molecular flexibility index (Phi) is 4.97. The first-order valence-electron chi connectivity index (χ1n) is 9.71. The van der Waals surface area contributed by atoms with Gasteiger partial charge in [-0.3, -0.25) is 0 Å². The molecule has 1 aromatic heterocycles. The summed E-state index contributed by atoms with van der Waals surface area (Å²) in [5.74, 6) is 1.35.